The van der Waals surface area contributed by atoms with Crippen LogP contribution in [0.4, 0.5) is 0 Å². The molecule has 0 aliphatic heterocycles. The third-order valence-corrected chi connectivity index (χ3v) is 5.25. The van der Waals surface area contributed by atoms with Gasteiger partial charge >= 0.3 is 8.80 Å². The molecule has 1 aliphatic rings. The summed E-state index contributed by atoms with van der Waals surface area (Å²) >= 11 is 0. The first-order valence-corrected chi connectivity index (χ1v) is 8.15. The van der Waals surface area contributed by atoms with Crippen molar-refractivity contribution in [3.8, 4) is 0 Å². The summed E-state index contributed by atoms with van der Waals surface area (Å²) in [5, 5.41) is 0. The maximum Gasteiger partial charge on any atom is 0.699 e. The Morgan fingerprint density at radius 1 is 0.895 bits per heavy atom. The quantitative estimate of drug-likeness (QED) is 0.489. The molecule has 0 heterocycles. The zero-order valence-corrected chi connectivity index (χ0v) is 12.9. The van der Waals surface area contributed by atoms with E-state index in [4.69, 9.17) is 13.3 Å². The second-order valence-corrected chi connectivity index (χ2v) is 7.12. The second-order valence-electron chi connectivity index (χ2n) is 4.73. The van der Waals surface area contributed by atoms with Crippen LogP contribution in [0, 0.1) is 5.92 Å². The molecule has 0 N–H and O–H groups in total. The van der Waals surface area contributed by atoms with Gasteiger partial charge in [0.2, 0.25) is 0 Å². The third kappa shape index (κ3) is 5.22. The van der Waals surface area contributed by atoms with Crippen molar-refractivity contribution < 1.29 is 13.3 Å². The van der Waals surface area contributed by atoms with Gasteiger partial charge in [-0.25, -0.2) is 0 Å². The van der Waals surface area contributed by atoms with E-state index in [-0.39, 0.29) is 5.92 Å². The lowest BCUT2D eigenvalue weighted by Crippen LogP contribution is -2.45. The van der Waals surface area contributed by atoms with Crippen molar-refractivity contribution in [1.82, 2.24) is 0 Å². The normalized spacial score (nSPS) is 14.3. The van der Waals surface area contributed by atoms with E-state index in [1.54, 1.807) is 20.8 Å². The topological polar surface area (TPSA) is 27.7 Å². The molecule has 0 aromatic rings. The Kier molecular flexibility index (Phi) is 5.24. The molecule has 1 aliphatic carbocycles. The molecule has 0 bridgehead atoms. The fraction of sp³-hybridized carbons (Fsp3) is 0.333. The molecule has 4 heteroatoms. The first-order valence-electron chi connectivity index (χ1n) is 6.21. The van der Waals surface area contributed by atoms with E-state index in [1.165, 1.54) is 0 Å². The maximum atomic E-state index is 5.83. The molecule has 0 spiro atoms. The van der Waals surface area contributed by atoms with Crippen molar-refractivity contribution in [2.75, 3.05) is 0 Å². The molecular weight excluding hydrogens is 256 g/mol. The number of hydrogen-bond donors (Lipinski definition) is 0. The molecule has 0 fully saturated rings. The third-order valence-electron chi connectivity index (χ3n) is 2.30. The molecule has 1 rings (SSSR count). The van der Waals surface area contributed by atoms with Crippen molar-refractivity contribution >= 4 is 8.80 Å². The first kappa shape index (κ1) is 15.4. The van der Waals surface area contributed by atoms with Gasteiger partial charge in [-0.1, -0.05) is 44.0 Å². The minimum atomic E-state index is -2.95. The first-order chi connectivity index (χ1) is 8.83. The van der Waals surface area contributed by atoms with Crippen molar-refractivity contribution in [3.05, 3.63) is 61.3 Å². The molecule has 0 saturated carbocycles. The van der Waals surface area contributed by atoms with Crippen LogP contribution >= 0.6 is 0 Å². The monoisotopic (exact) mass is 278 g/mol. The summed E-state index contributed by atoms with van der Waals surface area (Å²) < 4.78 is 17.5. The SMILES string of the molecule is C=C(C)O[Si](CC1C=CC=C1)(OC(=C)C)OC(=C)C. The summed E-state index contributed by atoms with van der Waals surface area (Å²) in [4.78, 5) is 0. The molecule has 0 atom stereocenters. The Bertz CT molecular complexity index is 382. The average molecular weight is 278 g/mol. The highest BCUT2D eigenvalue weighted by Crippen LogP contribution is 2.30. The summed E-state index contributed by atoms with van der Waals surface area (Å²) in [5.41, 5.74) is 0. The Labute approximate surface area is 116 Å². The molecule has 0 aromatic heterocycles. The number of allylic oxidation sites excluding steroid dienone is 7. The lowest BCUT2D eigenvalue weighted by atomic mass is 10.2. The Morgan fingerprint density at radius 2 is 1.26 bits per heavy atom. The van der Waals surface area contributed by atoms with Crippen molar-refractivity contribution in [1.29, 1.82) is 0 Å². The zero-order chi connectivity index (χ0) is 14.5. The second kappa shape index (κ2) is 6.47. The standard InChI is InChI=1S/C15H22O3Si/c1-12(2)16-19(17-13(3)4,18-14(5)6)11-15-9-7-8-10-15/h7-10,15H,1,3,5,11H2,2,4,6H3. The minimum Gasteiger partial charge on any atom is -0.488 e. The van der Waals surface area contributed by atoms with Crippen LogP contribution in [-0.2, 0) is 13.3 Å². The molecule has 0 aromatic carbocycles. The molecule has 0 unspecified atom stereocenters. The number of hydrogen-bond acceptors (Lipinski definition) is 3. The highest BCUT2D eigenvalue weighted by atomic mass is 28.4. The summed E-state index contributed by atoms with van der Waals surface area (Å²) in [5.74, 6) is 1.95. The van der Waals surface area contributed by atoms with Crippen LogP contribution < -0.4 is 0 Å². The lowest BCUT2D eigenvalue weighted by molar-refractivity contribution is 0.142. The summed E-state index contributed by atoms with van der Waals surface area (Å²) in [7, 11) is -2.95. The van der Waals surface area contributed by atoms with Gasteiger partial charge in [0.15, 0.2) is 0 Å². The van der Waals surface area contributed by atoms with Gasteiger partial charge in [-0.2, -0.15) is 0 Å². The van der Waals surface area contributed by atoms with E-state index < -0.39 is 8.80 Å². The lowest BCUT2D eigenvalue weighted by Gasteiger charge is -2.31. The van der Waals surface area contributed by atoms with E-state index in [0.29, 0.717) is 23.3 Å². The van der Waals surface area contributed by atoms with Crippen LogP contribution in [0.15, 0.2) is 61.3 Å². The molecule has 0 saturated heterocycles. The predicted molar refractivity (Wildman–Crippen MR) is 80.0 cm³/mol. The average Bonchev–Trinajstić information content (AvgIpc) is 2.65. The molecule has 19 heavy (non-hydrogen) atoms. The van der Waals surface area contributed by atoms with Crippen LogP contribution in [0.5, 0.6) is 0 Å². The fourth-order valence-electron chi connectivity index (χ4n) is 1.89. The fourth-order valence-corrected chi connectivity index (χ4v) is 4.70. The van der Waals surface area contributed by atoms with E-state index in [0.717, 1.165) is 0 Å². The Balaban J connectivity index is 2.96. The molecular formula is C15H22O3Si. The van der Waals surface area contributed by atoms with Gasteiger partial charge in [0.05, 0.1) is 23.3 Å². The van der Waals surface area contributed by atoms with Gasteiger partial charge in [-0.15, -0.1) is 0 Å². The van der Waals surface area contributed by atoms with Crippen molar-refractivity contribution in [2.45, 2.75) is 26.8 Å². The predicted octanol–water partition coefficient (Wildman–Crippen LogP) is 4.32. The van der Waals surface area contributed by atoms with Gasteiger partial charge in [-0.05, 0) is 20.8 Å². The van der Waals surface area contributed by atoms with Gasteiger partial charge in [-0.3, -0.25) is 0 Å². The van der Waals surface area contributed by atoms with Gasteiger partial charge in [0, 0.05) is 5.92 Å². The number of rotatable bonds is 8. The van der Waals surface area contributed by atoms with Gasteiger partial charge in [0.25, 0.3) is 0 Å². The summed E-state index contributed by atoms with van der Waals surface area (Å²) in [6.07, 6.45) is 8.19. The Morgan fingerprint density at radius 3 is 1.58 bits per heavy atom. The molecule has 3 nitrogen and oxygen atoms in total. The molecule has 104 valence electrons. The van der Waals surface area contributed by atoms with Crippen LogP contribution in [0.1, 0.15) is 20.8 Å². The summed E-state index contributed by atoms with van der Waals surface area (Å²) in [6, 6.07) is 0.632. The van der Waals surface area contributed by atoms with Gasteiger partial charge in [0.1, 0.15) is 0 Å². The largest absolute Gasteiger partial charge is 0.699 e. The van der Waals surface area contributed by atoms with Crippen LogP contribution in [0.25, 0.3) is 0 Å². The van der Waals surface area contributed by atoms with Crippen LogP contribution in [0.2, 0.25) is 6.04 Å². The smallest absolute Gasteiger partial charge is 0.488 e. The van der Waals surface area contributed by atoms with Crippen LogP contribution in [-0.4, -0.2) is 8.80 Å². The Hall–Kier alpha value is -1.68. The van der Waals surface area contributed by atoms with Crippen LogP contribution in [0.3, 0.4) is 0 Å². The van der Waals surface area contributed by atoms with Crippen molar-refractivity contribution in [3.63, 3.8) is 0 Å². The zero-order valence-electron chi connectivity index (χ0n) is 11.9. The molecule has 0 amide bonds. The summed E-state index contributed by atoms with van der Waals surface area (Å²) in [6.45, 7) is 16.7. The van der Waals surface area contributed by atoms with E-state index in [2.05, 4.69) is 31.9 Å². The highest BCUT2D eigenvalue weighted by Gasteiger charge is 2.50. The van der Waals surface area contributed by atoms with E-state index in [1.807, 2.05) is 12.2 Å². The van der Waals surface area contributed by atoms with E-state index in [9.17, 15) is 0 Å². The highest BCUT2D eigenvalue weighted by molar-refractivity contribution is 6.61. The molecule has 0 radical (unpaired) electrons. The van der Waals surface area contributed by atoms with Crippen molar-refractivity contribution in [2.24, 2.45) is 5.92 Å². The van der Waals surface area contributed by atoms with Gasteiger partial charge < -0.3 is 13.3 Å². The minimum absolute atomic E-state index is 0.240. The van der Waals surface area contributed by atoms with E-state index >= 15 is 0 Å². The maximum absolute atomic E-state index is 5.83.